The largest absolute Gasteiger partial charge is 0.390 e. The first-order valence-corrected chi connectivity index (χ1v) is 8.21. The molecule has 1 heterocycles. The van der Waals surface area contributed by atoms with Crippen molar-refractivity contribution in [3.8, 4) is 0 Å². The molecule has 0 aromatic heterocycles. The number of alkyl halides is 3. The molecule has 0 aliphatic carbocycles. The van der Waals surface area contributed by atoms with Crippen LogP contribution in [0.15, 0.2) is 0 Å². The van der Waals surface area contributed by atoms with Crippen LogP contribution in [0.4, 0.5) is 13.2 Å². The smallest absolute Gasteiger partial charge is 0.317 e. The van der Waals surface area contributed by atoms with E-state index in [1.807, 2.05) is 11.6 Å². The summed E-state index contributed by atoms with van der Waals surface area (Å²) >= 11 is 0. The molecule has 2 N–H and O–H groups in total. The lowest BCUT2D eigenvalue weighted by molar-refractivity contribution is -0.132. The van der Waals surface area contributed by atoms with Crippen LogP contribution in [-0.2, 0) is 10.2 Å². The van der Waals surface area contributed by atoms with Gasteiger partial charge < -0.3 is 5.32 Å². The molecule has 0 spiro atoms. The monoisotopic (exact) mass is 317 g/mol. The highest BCUT2D eigenvalue weighted by molar-refractivity contribution is 7.87. The predicted octanol–water partition coefficient (Wildman–Crippen LogP) is 1.09. The molecule has 0 unspecified atom stereocenters. The maximum atomic E-state index is 12.0. The van der Waals surface area contributed by atoms with Crippen LogP contribution in [0.5, 0.6) is 0 Å². The lowest BCUT2D eigenvalue weighted by atomic mass is 9.98. The topological polar surface area (TPSA) is 61.4 Å². The lowest BCUT2D eigenvalue weighted by Crippen LogP contribution is -2.46. The van der Waals surface area contributed by atoms with Crippen molar-refractivity contribution in [2.75, 3.05) is 32.7 Å². The van der Waals surface area contributed by atoms with E-state index in [1.165, 1.54) is 4.31 Å². The summed E-state index contributed by atoms with van der Waals surface area (Å²) in [6, 6.07) is 0. The van der Waals surface area contributed by atoms with E-state index in [9.17, 15) is 21.6 Å². The Morgan fingerprint density at radius 3 is 2.35 bits per heavy atom. The summed E-state index contributed by atoms with van der Waals surface area (Å²) in [5, 5.41) is 3.21. The zero-order valence-corrected chi connectivity index (χ0v) is 12.4. The van der Waals surface area contributed by atoms with E-state index in [4.69, 9.17) is 0 Å². The van der Waals surface area contributed by atoms with E-state index >= 15 is 0 Å². The molecule has 120 valence electrons. The van der Waals surface area contributed by atoms with Gasteiger partial charge in [-0.3, -0.25) is 0 Å². The second-order valence-corrected chi connectivity index (χ2v) is 6.67. The first-order valence-electron chi connectivity index (χ1n) is 6.77. The second kappa shape index (κ2) is 7.58. The van der Waals surface area contributed by atoms with Crippen molar-refractivity contribution >= 4 is 10.2 Å². The Labute approximate surface area is 118 Å². The van der Waals surface area contributed by atoms with Gasteiger partial charge in [0.15, 0.2) is 0 Å². The van der Waals surface area contributed by atoms with Gasteiger partial charge in [-0.05, 0) is 31.8 Å². The van der Waals surface area contributed by atoms with Crippen LogP contribution >= 0.6 is 0 Å². The highest BCUT2D eigenvalue weighted by atomic mass is 32.2. The third-order valence-electron chi connectivity index (χ3n) is 3.29. The fourth-order valence-corrected chi connectivity index (χ4v) is 3.35. The molecular formula is C11H22F3N3O2S. The van der Waals surface area contributed by atoms with Crippen molar-refractivity contribution in [3.63, 3.8) is 0 Å². The van der Waals surface area contributed by atoms with Gasteiger partial charge in [-0.25, -0.2) is 4.72 Å². The first-order chi connectivity index (χ1) is 9.24. The van der Waals surface area contributed by atoms with Crippen LogP contribution < -0.4 is 10.0 Å². The number of nitrogens with zero attached hydrogens (tertiary/aromatic N) is 1. The molecule has 0 aromatic carbocycles. The van der Waals surface area contributed by atoms with E-state index in [2.05, 4.69) is 5.32 Å². The fourth-order valence-electron chi connectivity index (χ4n) is 2.12. The molecule has 0 amide bonds. The quantitative estimate of drug-likeness (QED) is 0.739. The van der Waals surface area contributed by atoms with Crippen molar-refractivity contribution in [1.82, 2.24) is 14.3 Å². The van der Waals surface area contributed by atoms with Crippen LogP contribution in [-0.4, -0.2) is 51.6 Å². The number of halogens is 3. The molecule has 1 aliphatic rings. The van der Waals surface area contributed by atoms with Gasteiger partial charge in [-0.1, -0.05) is 6.92 Å². The summed E-state index contributed by atoms with van der Waals surface area (Å²) in [6.45, 7) is 3.84. The highest BCUT2D eigenvalue weighted by Gasteiger charge is 2.30. The maximum Gasteiger partial charge on any atom is 0.390 e. The van der Waals surface area contributed by atoms with Crippen LogP contribution in [0.25, 0.3) is 0 Å². The van der Waals surface area contributed by atoms with Crippen LogP contribution in [0.3, 0.4) is 0 Å². The second-order valence-electron chi connectivity index (χ2n) is 4.91. The van der Waals surface area contributed by atoms with Crippen LogP contribution in [0.2, 0.25) is 0 Å². The average molecular weight is 317 g/mol. The Kier molecular flexibility index (Phi) is 6.70. The lowest BCUT2D eigenvalue weighted by Gasteiger charge is -2.31. The average Bonchev–Trinajstić information content (AvgIpc) is 2.35. The Morgan fingerprint density at radius 2 is 1.85 bits per heavy atom. The van der Waals surface area contributed by atoms with E-state index in [0.29, 0.717) is 19.0 Å². The SMILES string of the molecule is CCNCC1CCN(S(=O)(=O)NCCC(F)(F)F)CC1. The van der Waals surface area contributed by atoms with Crippen molar-refractivity contribution in [2.24, 2.45) is 5.92 Å². The third kappa shape index (κ3) is 6.38. The highest BCUT2D eigenvalue weighted by Crippen LogP contribution is 2.20. The van der Waals surface area contributed by atoms with Crippen molar-refractivity contribution in [2.45, 2.75) is 32.4 Å². The third-order valence-corrected chi connectivity index (χ3v) is 4.90. The Balaban J connectivity index is 2.35. The van der Waals surface area contributed by atoms with Crippen molar-refractivity contribution in [1.29, 1.82) is 0 Å². The Hall–Kier alpha value is -0.380. The summed E-state index contributed by atoms with van der Waals surface area (Å²) in [5.41, 5.74) is 0. The van der Waals surface area contributed by atoms with Gasteiger partial charge in [-0.2, -0.15) is 25.9 Å². The predicted molar refractivity (Wildman–Crippen MR) is 70.4 cm³/mol. The van der Waals surface area contributed by atoms with Gasteiger partial charge in [0.1, 0.15) is 0 Å². The molecular weight excluding hydrogens is 295 g/mol. The molecule has 0 radical (unpaired) electrons. The summed E-state index contributed by atoms with van der Waals surface area (Å²) < 4.78 is 62.8. The summed E-state index contributed by atoms with van der Waals surface area (Å²) in [7, 11) is -3.79. The molecule has 1 fully saturated rings. The summed E-state index contributed by atoms with van der Waals surface area (Å²) in [6.07, 6.45) is -4.04. The Morgan fingerprint density at radius 1 is 1.25 bits per heavy atom. The fraction of sp³-hybridized carbons (Fsp3) is 1.00. The first kappa shape index (κ1) is 17.7. The molecule has 0 aromatic rings. The molecule has 0 saturated carbocycles. The van der Waals surface area contributed by atoms with E-state index < -0.39 is 29.4 Å². The minimum absolute atomic E-state index is 0.359. The molecule has 0 atom stereocenters. The van der Waals surface area contributed by atoms with E-state index in [0.717, 1.165) is 25.9 Å². The van der Waals surface area contributed by atoms with Gasteiger partial charge in [0.05, 0.1) is 6.42 Å². The zero-order valence-electron chi connectivity index (χ0n) is 11.5. The molecule has 5 nitrogen and oxygen atoms in total. The molecule has 9 heteroatoms. The van der Waals surface area contributed by atoms with Crippen molar-refractivity contribution < 1.29 is 21.6 Å². The number of rotatable bonds is 7. The number of piperidine rings is 1. The van der Waals surface area contributed by atoms with Gasteiger partial charge in [0.2, 0.25) is 0 Å². The number of hydrogen-bond acceptors (Lipinski definition) is 3. The van der Waals surface area contributed by atoms with Crippen LogP contribution in [0.1, 0.15) is 26.2 Å². The number of hydrogen-bond donors (Lipinski definition) is 2. The van der Waals surface area contributed by atoms with Gasteiger partial charge in [0, 0.05) is 19.6 Å². The summed E-state index contributed by atoms with van der Waals surface area (Å²) in [5.74, 6) is 0.427. The van der Waals surface area contributed by atoms with E-state index in [-0.39, 0.29) is 0 Å². The minimum Gasteiger partial charge on any atom is -0.317 e. The molecule has 1 saturated heterocycles. The molecule has 0 bridgehead atoms. The zero-order chi connectivity index (χ0) is 15.2. The Bertz CT molecular complexity index is 379. The molecule has 1 aliphatic heterocycles. The van der Waals surface area contributed by atoms with Gasteiger partial charge >= 0.3 is 6.18 Å². The minimum atomic E-state index is -4.35. The molecule has 1 rings (SSSR count). The maximum absolute atomic E-state index is 12.0. The normalized spacial score (nSPS) is 19.4. The van der Waals surface area contributed by atoms with Crippen LogP contribution in [0, 0.1) is 5.92 Å². The standard InChI is InChI=1S/C11H22F3N3O2S/c1-2-15-9-10-3-7-17(8-4-10)20(18,19)16-6-5-11(12,13)14/h10,15-16H,2-9H2,1H3. The van der Waals surface area contributed by atoms with Gasteiger partial charge in [0.25, 0.3) is 10.2 Å². The number of nitrogens with one attached hydrogen (secondary N) is 2. The van der Waals surface area contributed by atoms with Gasteiger partial charge in [-0.15, -0.1) is 0 Å². The van der Waals surface area contributed by atoms with Crippen molar-refractivity contribution in [3.05, 3.63) is 0 Å². The summed E-state index contributed by atoms with van der Waals surface area (Å²) in [4.78, 5) is 0. The van der Waals surface area contributed by atoms with E-state index in [1.54, 1.807) is 0 Å². The molecule has 20 heavy (non-hydrogen) atoms.